The van der Waals surface area contributed by atoms with Gasteiger partial charge >= 0.3 is 0 Å². The highest BCUT2D eigenvalue weighted by Gasteiger charge is 2.29. The summed E-state index contributed by atoms with van der Waals surface area (Å²) in [6.07, 6.45) is -0.741. The van der Waals surface area contributed by atoms with Crippen LogP contribution in [0, 0.1) is 6.92 Å². The molecular formula is C61H59N3O. The number of benzene rings is 7. The maximum atomic E-state index is 12.6. The molecule has 4 nitrogen and oxygen atoms in total. The van der Waals surface area contributed by atoms with Crippen LogP contribution in [0.2, 0.25) is 0 Å². The molecule has 0 saturated heterocycles. The topological polar surface area (TPSA) is 50.9 Å². The van der Waals surface area contributed by atoms with Gasteiger partial charge in [0.15, 0.2) is 0 Å². The lowest BCUT2D eigenvalue weighted by molar-refractivity contribution is 0.446. The first-order valence-corrected chi connectivity index (χ1v) is 21.5. The number of aromatic nitrogens is 3. The standard InChI is InChI=1S/C61H59N3O/c1-39-24-29-54(50(32-39)42-20-15-12-16-21-42)64-55-23-17-22-49(56(55)63-58(64)51-37-48(60(5,6)7)38-52(57(51)65)61(8,9)10)45-33-44(40-18-13-11-14-19-40)34-46(35-45)53-36-43(30-31-62-53)41-25-27-47(28-26-41)59(2,3)4/h11-38,65H,1-10H3/i2D3,3D3,4D3,25D,26D,27D,28D,30D,31D,36D. The first-order chi connectivity index (χ1) is 37.6. The summed E-state index contributed by atoms with van der Waals surface area (Å²) in [6, 6.07) is 34.3. The van der Waals surface area contributed by atoms with Crippen molar-refractivity contribution in [1.29, 1.82) is 0 Å². The van der Waals surface area contributed by atoms with Crippen LogP contribution < -0.4 is 0 Å². The van der Waals surface area contributed by atoms with Crippen LogP contribution in [0.25, 0.3) is 83.9 Å². The van der Waals surface area contributed by atoms with E-state index in [1.165, 1.54) is 0 Å². The molecule has 0 atom stereocenters. The number of phenols is 1. The number of pyridine rings is 1. The number of hydrogen-bond donors (Lipinski definition) is 1. The van der Waals surface area contributed by atoms with Gasteiger partial charge in [-0.05, 0) is 122 Å². The number of fused-ring (bicyclic) bond motifs is 1. The summed E-state index contributed by atoms with van der Waals surface area (Å²) in [4.78, 5) is 9.95. The molecule has 65 heavy (non-hydrogen) atoms. The Balaban J connectivity index is 1.36. The van der Waals surface area contributed by atoms with Crippen molar-refractivity contribution >= 4 is 11.0 Å². The average molecular weight is 866 g/mol. The zero-order valence-electron chi connectivity index (χ0n) is 53.4. The van der Waals surface area contributed by atoms with Crippen molar-refractivity contribution in [1.82, 2.24) is 14.5 Å². The molecule has 1 N–H and O–H groups in total. The van der Waals surface area contributed by atoms with Gasteiger partial charge in [-0.3, -0.25) is 9.55 Å². The third kappa shape index (κ3) is 8.54. The van der Waals surface area contributed by atoms with Crippen LogP contribution in [-0.2, 0) is 16.2 Å². The van der Waals surface area contributed by atoms with E-state index >= 15 is 0 Å². The lowest BCUT2D eigenvalue weighted by Crippen LogP contribution is -2.17. The summed E-state index contributed by atoms with van der Waals surface area (Å²) in [5.74, 6) is 0.531. The first-order valence-electron chi connectivity index (χ1n) is 29.5. The van der Waals surface area contributed by atoms with Crippen molar-refractivity contribution in [3.05, 3.63) is 192 Å². The fourth-order valence-electron chi connectivity index (χ4n) is 8.18. The normalized spacial score (nSPS) is 16.4. The molecule has 0 fully saturated rings. The van der Waals surface area contributed by atoms with Gasteiger partial charge in [0.05, 0.1) is 37.6 Å². The highest BCUT2D eigenvalue weighted by molar-refractivity contribution is 5.98. The van der Waals surface area contributed by atoms with Gasteiger partial charge in [-0.2, -0.15) is 0 Å². The number of imidazole rings is 1. The fraction of sp³-hybridized carbons (Fsp3) is 0.213. The Hall–Kier alpha value is -7.04. The summed E-state index contributed by atoms with van der Waals surface area (Å²) in [5, 5.41) is 12.6. The predicted octanol–water partition coefficient (Wildman–Crippen LogP) is 16.3. The predicted molar refractivity (Wildman–Crippen MR) is 274 cm³/mol. The second-order valence-electron chi connectivity index (χ2n) is 18.6. The van der Waals surface area contributed by atoms with Crippen LogP contribution in [-0.4, -0.2) is 19.6 Å². The fourth-order valence-corrected chi connectivity index (χ4v) is 8.18. The Bertz CT molecular complexity index is 3900. The van der Waals surface area contributed by atoms with E-state index in [9.17, 15) is 9.22 Å². The SMILES string of the molecule is [2H]c1nc(-c2cc(-c3ccccc3)cc(-c3cccc4c3nc(-c3cc(C(C)(C)C)cc(C(C)(C)C)c3O)n4-c3ccc(C)cc3-c3ccccc3)c2)c([2H])c(-c2c([2H])c([2H])c(C(C([2H])([2H])[2H])(C([2H])([2H])[2H])C([2H])([2H])[2H])c([2H])c2[2H])c1[2H]. The molecule has 9 rings (SSSR count). The number of hydrogen-bond acceptors (Lipinski definition) is 3. The Kier molecular flexibility index (Phi) is 7.11. The van der Waals surface area contributed by atoms with Crippen molar-refractivity contribution in [3.8, 4) is 78.6 Å². The quantitative estimate of drug-likeness (QED) is 0.174. The molecule has 0 bridgehead atoms. The summed E-state index contributed by atoms with van der Waals surface area (Å²) >= 11 is 0. The number of rotatable bonds is 7. The smallest absolute Gasteiger partial charge is 0.149 e. The monoisotopic (exact) mass is 866 g/mol. The van der Waals surface area contributed by atoms with Crippen LogP contribution in [0.4, 0.5) is 0 Å². The third-order valence-electron chi connectivity index (χ3n) is 11.7. The summed E-state index contributed by atoms with van der Waals surface area (Å²) in [5.41, 5.74) is 2.07. The molecule has 0 saturated carbocycles. The van der Waals surface area contributed by atoms with Crippen LogP contribution in [0.1, 0.15) is 106 Å². The summed E-state index contributed by atoms with van der Waals surface area (Å²) < 4.78 is 141. The van der Waals surface area contributed by atoms with Gasteiger partial charge in [0.1, 0.15) is 11.6 Å². The second kappa shape index (κ2) is 16.5. The molecule has 0 amide bonds. The van der Waals surface area contributed by atoms with Gasteiger partial charge in [0.25, 0.3) is 0 Å². The molecule has 0 spiro atoms. The van der Waals surface area contributed by atoms with Crippen LogP contribution in [0.15, 0.2) is 170 Å². The van der Waals surface area contributed by atoms with Crippen molar-refractivity contribution in [2.24, 2.45) is 0 Å². The Morgan fingerprint density at radius 3 is 1.89 bits per heavy atom. The van der Waals surface area contributed by atoms with Crippen molar-refractivity contribution in [2.45, 2.75) is 85.3 Å². The summed E-state index contributed by atoms with van der Waals surface area (Å²) in [7, 11) is 0. The first kappa shape index (κ1) is 28.0. The van der Waals surface area contributed by atoms with Crippen molar-refractivity contribution in [2.75, 3.05) is 0 Å². The van der Waals surface area contributed by atoms with E-state index in [1.807, 2.05) is 110 Å². The van der Waals surface area contributed by atoms with E-state index in [0.717, 1.165) is 39.1 Å². The largest absolute Gasteiger partial charge is 0.507 e. The van der Waals surface area contributed by atoms with Gasteiger partial charge in [-0.25, -0.2) is 4.98 Å². The number of aromatic hydroxyl groups is 1. The molecule has 0 aliphatic rings. The molecular weight excluding hydrogens is 791 g/mol. The van der Waals surface area contributed by atoms with Crippen molar-refractivity contribution in [3.63, 3.8) is 0 Å². The van der Waals surface area contributed by atoms with Gasteiger partial charge in [0, 0.05) is 40.8 Å². The molecule has 2 heterocycles. The van der Waals surface area contributed by atoms with Gasteiger partial charge < -0.3 is 5.11 Å². The number of para-hydroxylation sites is 1. The molecule has 0 aliphatic carbocycles. The molecule has 4 heteroatoms. The van der Waals surface area contributed by atoms with E-state index < -0.39 is 90.5 Å². The highest BCUT2D eigenvalue weighted by Crippen LogP contribution is 2.46. The van der Waals surface area contributed by atoms with Gasteiger partial charge in [-0.15, -0.1) is 0 Å². The molecule has 0 unspecified atom stereocenters. The second-order valence-corrected chi connectivity index (χ2v) is 18.6. The average Bonchev–Trinajstić information content (AvgIpc) is 1.68. The van der Waals surface area contributed by atoms with Gasteiger partial charge in [0.2, 0.25) is 0 Å². The zero-order chi connectivity index (χ0) is 59.4. The van der Waals surface area contributed by atoms with E-state index in [2.05, 4.69) is 63.2 Å². The third-order valence-corrected chi connectivity index (χ3v) is 11.7. The Morgan fingerprint density at radius 1 is 0.538 bits per heavy atom. The molecule has 7 aromatic carbocycles. The molecule has 0 radical (unpaired) electrons. The van der Waals surface area contributed by atoms with E-state index in [1.54, 1.807) is 12.1 Å². The molecule has 0 aliphatic heterocycles. The zero-order valence-corrected chi connectivity index (χ0v) is 37.4. The maximum absolute atomic E-state index is 12.6. The minimum Gasteiger partial charge on any atom is -0.507 e. The van der Waals surface area contributed by atoms with E-state index in [4.69, 9.17) is 22.8 Å². The van der Waals surface area contributed by atoms with Crippen LogP contribution >= 0.6 is 0 Å². The summed E-state index contributed by atoms with van der Waals surface area (Å²) in [6.45, 7) is 2.75. The molecule has 324 valence electrons. The number of phenolic OH excluding ortho intramolecular Hbond substituents is 1. The molecule has 9 aromatic rings. The van der Waals surface area contributed by atoms with Crippen molar-refractivity contribution < 1.29 is 27.0 Å². The number of nitrogens with zero attached hydrogens (tertiary/aromatic N) is 3. The lowest BCUT2D eigenvalue weighted by Gasteiger charge is -2.27. The highest BCUT2D eigenvalue weighted by atomic mass is 16.3. The maximum Gasteiger partial charge on any atom is 0.149 e. The van der Waals surface area contributed by atoms with Gasteiger partial charge in [-0.1, -0.05) is 177 Å². The minimum atomic E-state index is -3.93. The van der Waals surface area contributed by atoms with E-state index in [-0.39, 0.29) is 22.4 Å². The minimum absolute atomic E-state index is 0.0757. The Morgan fingerprint density at radius 2 is 1.22 bits per heavy atom. The van der Waals surface area contributed by atoms with Crippen LogP contribution in [0.5, 0.6) is 5.75 Å². The van der Waals surface area contributed by atoms with E-state index in [0.29, 0.717) is 39.1 Å². The number of aryl methyl sites for hydroxylation is 1. The molecule has 2 aromatic heterocycles. The Labute approximate surface area is 407 Å². The lowest BCUT2D eigenvalue weighted by atomic mass is 9.79. The van der Waals surface area contributed by atoms with Crippen LogP contribution in [0.3, 0.4) is 0 Å².